The summed E-state index contributed by atoms with van der Waals surface area (Å²) in [5, 5.41) is 31.0. The first kappa shape index (κ1) is 21.4. The molecule has 0 radical (unpaired) electrons. The lowest BCUT2D eigenvalue weighted by Crippen LogP contribution is -2.48. The second kappa shape index (κ2) is 8.91. The van der Waals surface area contributed by atoms with E-state index >= 15 is 0 Å². The minimum absolute atomic E-state index is 0.0485. The average Bonchev–Trinajstić information content (AvgIpc) is 3.41. The maximum Gasteiger partial charge on any atom is 0.151 e. The highest BCUT2D eigenvalue weighted by molar-refractivity contribution is 5.69. The molecular formula is C28H26N6O. The summed E-state index contributed by atoms with van der Waals surface area (Å²) in [6.07, 6.45) is 0.970. The molecule has 0 spiro atoms. The van der Waals surface area contributed by atoms with Crippen molar-refractivity contribution in [3.8, 4) is 17.3 Å². The largest absolute Gasteiger partial charge is 0.369 e. The van der Waals surface area contributed by atoms with E-state index in [4.69, 9.17) is 0 Å². The summed E-state index contributed by atoms with van der Waals surface area (Å²) in [6.45, 7) is 3.32. The van der Waals surface area contributed by atoms with Crippen molar-refractivity contribution in [3.63, 3.8) is 0 Å². The van der Waals surface area contributed by atoms with Crippen molar-refractivity contribution in [1.82, 2.24) is 15.1 Å². The number of para-hydroxylation sites is 1. The molecule has 0 saturated carbocycles. The van der Waals surface area contributed by atoms with Gasteiger partial charge in [-0.2, -0.15) is 10.4 Å². The number of anilines is 2. The minimum Gasteiger partial charge on any atom is -0.369 e. The lowest BCUT2D eigenvalue weighted by Gasteiger charge is -2.41. The molecule has 2 unspecified atom stereocenters. The molecule has 2 atom stereocenters. The number of aliphatic hydroxyl groups is 1. The Labute approximate surface area is 204 Å². The number of nitrogens with zero attached hydrogens (tertiary/aromatic N) is 4. The van der Waals surface area contributed by atoms with E-state index in [0.717, 1.165) is 59.9 Å². The van der Waals surface area contributed by atoms with Gasteiger partial charge in [0.2, 0.25) is 0 Å². The van der Waals surface area contributed by atoms with Gasteiger partial charge in [-0.3, -0.25) is 10.00 Å². The number of hydrogen-bond donors (Lipinski definition) is 3. The highest BCUT2D eigenvalue weighted by Gasteiger charge is 2.33. The summed E-state index contributed by atoms with van der Waals surface area (Å²) >= 11 is 0. The Balaban J connectivity index is 1.29. The number of aromatic nitrogens is 2. The predicted molar refractivity (Wildman–Crippen MR) is 136 cm³/mol. The van der Waals surface area contributed by atoms with E-state index in [1.165, 1.54) is 5.56 Å². The third kappa shape index (κ3) is 3.83. The van der Waals surface area contributed by atoms with Gasteiger partial charge >= 0.3 is 0 Å². The second-order valence-electron chi connectivity index (χ2n) is 9.00. The molecule has 7 heteroatoms. The molecule has 0 bridgehead atoms. The summed E-state index contributed by atoms with van der Waals surface area (Å²) in [5.74, 6) is 0. The van der Waals surface area contributed by atoms with E-state index in [1.54, 1.807) is 6.20 Å². The van der Waals surface area contributed by atoms with Gasteiger partial charge in [-0.05, 0) is 35.4 Å². The van der Waals surface area contributed by atoms with Gasteiger partial charge in [-0.25, -0.2) is 0 Å². The van der Waals surface area contributed by atoms with E-state index < -0.39 is 6.23 Å². The average molecular weight is 463 g/mol. The molecule has 174 valence electrons. The molecule has 1 fully saturated rings. The maximum atomic E-state index is 10.9. The van der Waals surface area contributed by atoms with E-state index in [1.807, 2.05) is 54.6 Å². The van der Waals surface area contributed by atoms with E-state index in [2.05, 4.69) is 49.6 Å². The molecule has 2 aliphatic rings. The first-order chi connectivity index (χ1) is 17.2. The van der Waals surface area contributed by atoms with Crippen molar-refractivity contribution in [2.75, 3.05) is 36.4 Å². The number of nitrogens with one attached hydrogen (secondary N) is 2. The Morgan fingerprint density at radius 1 is 0.886 bits per heavy atom. The van der Waals surface area contributed by atoms with Gasteiger partial charge in [0.05, 0.1) is 23.0 Å². The summed E-state index contributed by atoms with van der Waals surface area (Å²) in [4.78, 5) is 4.78. The topological polar surface area (TPSA) is 91.2 Å². The van der Waals surface area contributed by atoms with Crippen LogP contribution in [0.15, 0.2) is 79.0 Å². The van der Waals surface area contributed by atoms with Crippen molar-refractivity contribution in [1.29, 1.82) is 5.26 Å². The summed E-state index contributed by atoms with van der Waals surface area (Å²) in [7, 11) is 0. The summed E-state index contributed by atoms with van der Waals surface area (Å²) in [5.41, 5.74) is 7.68. The van der Waals surface area contributed by atoms with E-state index in [0.29, 0.717) is 5.56 Å². The van der Waals surface area contributed by atoms with Crippen LogP contribution in [0.3, 0.4) is 0 Å². The van der Waals surface area contributed by atoms with Crippen LogP contribution in [0, 0.1) is 11.3 Å². The lowest BCUT2D eigenvalue weighted by atomic mass is 9.92. The fraction of sp³-hybridized carbons (Fsp3) is 0.214. The summed E-state index contributed by atoms with van der Waals surface area (Å²) in [6, 6.07) is 26.7. The van der Waals surface area contributed by atoms with Crippen molar-refractivity contribution >= 4 is 11.4 Å². The number of hydrogen-bond acceptors (Lipinski definition) is 6. The first-order valence-electron chi connectivity index (χ1n) is 11.9. The number of benzene rings is 3. The number of nitriles is 1. The fourth-order valence-corrected chi connectivity index (χ4v) is 5.37. The fourth-order valence-electron chi connectivity index (χ4n) is 5.37. The first-order valence-corrected chi connectivity index (χ1v) is 11.9. The number of rotatable bonds is 3. The Morgan fingerprint density at radius 2 is 1.63 bits per heavy atom. The zero-order chi connectivity index (χ0) is 23.8. The standard InChI is InChI=1S/C28H26N6O/c29-18-20-17-19(24-11-12-30-32-24)9-10-26(20)33-13-15-34(16-14-33)27-21-5-1-2-6-22(21)28(35)31-25-8-4-3-7-23(25)27/h1-12,17,27-28,31,35H,13-16H2,(H,30,32). The smallest absolute Gasteiger partial charge is 0.151 e. The number of aliphatic hydroxyl groups excluding tert-OH is 1. The molecule has 35 heavy (non-hydrogen) atoms. The van der Waals surface area contributed by atoms with E-state index in [-0.39, 0.29) is 6.04 Å². The maximum absolute atomic E-state index is 10.9. The predicted octanol–water partition coefficient (Wildman–Crippen LogP) is 4.28. The monoisotopic (exact) mass is 462 g/mol. The molecule has 1 aromatic heterocycles. The van der Waals surface area contributed by atoms with Gasteiger partial charge in [0.1, 0.15) is 6.07 Å². The number of aromatic amines is 1. The van der Waals surface area contributed by atoms with Crippen LogP contribution in [-0.4, -0.2) is 46.4 Å². The van der Waals surface area contributed by atoms with Crippen LogP contribution < -0.4 is 10.2 Å². The highest BCUT2D eigenvalue weighted by atomic mass is 16.3. The van der Waals surface area contributed by atoms with Crippen molar-refractivity contribution in [2.45, 2.75) is 12.3 Å². The van der Waals surface area contributed by atoms with Crippen molar-refractivity contribution in [3.05, 3.63) is 101 Å². The third-order valence-corrected chi connectivity index (χ3v) is 7.08. The van der Waals surface area contributed by atoms with Crippen LogP contribution in [0.5, 0.6) is 0 Å². The van der Waals surface area contributed by atoms with Crippen LogP contribution in [0.2, 0.25) is 0 Å². The Bertz CT molecular complexity index is 1380. The van der Waals surface area contributed by atoms with Gasteiger partial charge in [0.15, 0.2) is 6.23 Å². The van der Waals surface area contributed by atoms with Crippen molar-refractivity contribution in [2.24, 2.45) is 0 Å². The van der Waals surface area contributed by atoms with Crippen LogP contribution in [0.4, 0.5) is 11.4 Å². The van der Waals surface area contributed by atoms with Crippen LogP contribution in [0.1, 0.15) is 34.5 Å². The third-order valence-electron chi connectivity index (χ3n) is 7.08. The molecule has 3 N–H and O–H groups in total. The molecular weight excluding hydrogens is 436 g/mol. The molecule has 7 nitrogen and oxygen atoms in total. The molecule has 0 amide bonds. The molecule has 6 rings (SSSR count). The Morgan fingerprint density at radius 3 is 2.37 bits per heavy atom. The second-order valence-corrected chi connectivity index (χ2v) is 9.00. The number of fused-ring (bicyclic) bond motifs is 2. The zero-order valence-corrected chi connectivity index (χ0v) is 19.2. The van der Waals surface area contributed by atoms with Crippen LogP contribution in [-0.2, 0) is 0 Å². The van der Waals surface area contributed by atoms with Gasteiger partial charge < -0.3 is 15.3 Å². The molecule has 2 aliphatic heterocycles. The SMILES string of the molecule is N#Cc1cc(-c2ccn[nH]2)ccc1N1CCN(C2c3ccccc3NC(O)c3ccccc32)CC1. The minimum atomic E-state index is -0.745. The lowest BCUT2D eigenvalue weighted by molar-refractivity contribution is 0.198. The number of H-pyrrole nitrogens is 1. The highest BCUT2D eigenvalue weighted by Crippen LogP contribution is 2.41. The Kier molecular flexibility index (Phi) is 5.45. The normalized spacial score (nSPS) is 19.7. The number of piperazine rings is 1. The quantitative estimate of drug-likeness (QED) is 0.421. The van der Waals surface area contributed by atoms with Gasteiger partial charge in [0, 0.05) is 49.2 Å². The molecule has 1 saturated heterocycles. The van der Waals surface area contributed by atoms with Gasteiger partial charge in [0.25, 0.3) is 0 Å². The van der Waals surface area contributed by atoms with E-state index in [9.17, 15) is 10.4 Å². The van der Waals surface area contributed by atoms with Crippen molar-refractivity contribution < 1.29 is 5.11 Å². The summed E-state index contributed by atoms with van der Waals surface area (Å²) < 4.78 is 0. The van der Waals surface area contributed by atoms with Gasteiger partial charge in [-0.15, -0.1) is 0 Å². The zero-order valence-electron chi connectivity index (χ0n) is 19.2. The van der Waals surface area contributed by atoms with Crippen LogP contribution >= 0.6 is 0 Å². The van der Waals surface area contributed by atoms with Gasteiger partial charge in [-0.1, -0.05) is 48.5 Å². The molecule has 0 aliphatic carbocycles. The molecule has 3 aromatic carbocycles. The Hall–Kier alpha value is -4.12. The molecule has 3 heterocycles. The molecule has 4 aromatic rings. The van der Waals surface area contributed by atoms with Crippen LogP contribution in [0.25, 0.3) is 11.3 Å².